The van der Waals surface area contributed by atoms with Gasteiger partial charge in [0.25, 0.3) is 0 Å². The Morgan fingerprint density at radius 3 is 2.39 bits per heavy atom. The van der Waals surface area contributed by atoms with E-state index in [0.717, 1.165) is 23.3 Å². The standard InChI is InChI=1S/C22H28N2O4/c1-3-20(18-11-13-19(27-2)14-12-18)24-21(25)10-7-15-23-22(26)28-16-17-8-5-4-6-9-17/h4-6,8-9,11-14,20H,3,7,10,15-16H2,1-2H3,(H,23,26)(H,24,25). The molecule has 28 heavy (non-hydrogen) atoms. The number of nitrogens with one attached hydrogen (secondary N) is 2. The second-order valence-electron chi connectivity index (χ2n) is 6.39. The number of hydrogen-bond acceptors (Lipinski definition) is 4. The number of carbonyl (C=O) groups excluding carboxylic acids is 2. The number of ether oxygens (including phenoxy) is 2. The van der Waals surface area contributed by atoms with Crippen LogP contribution >= 0.6 is 0 Å². The maximum atomic E-state index is 12.2. The van der Waals surface area contributed by atoms with Gasteiger partial charge in [0.2, 0.25) is 5.91 Å². The highest BCUT2D eigenvalue weighted by atomic mass is 16.5. The van der Waals surface area contributed by atoms with Crippen LogP contribution in [0.15, 0.2) is 54.6 Å². The summed E-state index contributed by atoms with van der Waals surface area (Å²) < 4.78 is 10.3. The van der Waals surface area contributed by atoms with Gasteiger partial charge in [0.15, 0.2) is 0 Å². The second-order valence-corrected chi connectivity index (χ2v) is 6.39. The lowest BCUT2D eigenvalue weighted by molar-refractivity contribution is -0.122. The first kappa shape index (κ1) is 21.3. The normalized spacial score (nSPS) is 11.4. The molecule has 0 aliphatic rings. The van der Waals surface area contributed by atoms with Crippen LogP contribution in [0.3, 0.4) is 0 Å². The molecule has 0 fully saturated rings. The fourth-order valence-electron chi connectivity index (χ4n) is 2.74. The maximum Gasteiger partial charge on any atom is 0.407 e. The molecule has 1 atom stereocenters. The summed E-state index contributed by atoms with van der Waals surface area (Å²) in [6.07, 6.45) is 1.20. The number of amides is 2. The van der Waals surface area contributed by atoms with Crippen LogP contribution < -0.4 is 15.4 Å². The molecule has 2 amide bonds. The van der Waals surface area contributed by atoms with Crippen molar-refractivity contribution in [1.82, 2.24) is 10.6 Å². The molecule has 0 saturated carbocycles. The van der Waals surface area contributed by atoms with Crippen molar-refractivity contribution in [3.05, 3.63) is 65.7 Å². The van der Waals surface area contributed by atoms with Gasteiger partial charge in [0.05, 0.1) is 13.2 Å². The molecule has 0 saturated heterocycles. The lowest BCUT2D eigenvalue weighted by atomic mass is 10.0. The summed E-state index contributed by atoms with van der Waals surface area (Å²) in [6, 6.07) is 17.1. The van der Waals surface area contributed by atoms with Gasteiger partial charge in [-0.3, -0.25) is 4.79 Å². The number of hydrogen-bond donors (Lipinski definition) is 2. The van der Waals surface area contributed by atoms with Crippen molar-refractivity contribution < 1.29 is 19.1 Å². The molecule has 0 spiro atoms. The van der Waals surface area contributed by atoms with Crippen molar-refractivity contribution in [2.45, 2.75) is 38.8 Å². The van der Waals surface area contributed by atoms with E-state index in [1.54, 1.807) is 7.11 Å². The van der Waals surface area contributed by atoms with Crippen LogP contribution in [0.4, 0.5) is 4.79 Å². The van der Waals surface area contributed by atoms with E-state index in [-0.39, 0.29) is 18.6 Å². The lowest BCUT2D eigenvalue weighted by Crippen LogP contribution is -2.30. The van der Waals surface area contributed by atoms with Crippen LogP contribution in [0.1, 0.15) is 43.4 Å². The molecular weight excluding hydrogens is 356 g/mol. The SMILES string of the molecule is CCC(NC(=O)CCCNC(=O)OCc1ccccc1)c1ccc(OC)cc1. The fourth-order valence-corrected chi connectivity index (χ4v) is 2.74. The van der Waals surface area contributed by atoms with Crippen molar-refractivity contribution in [3.8, 4) is 5.75 Å². The van der Waals surface area contributed by atoms with E-state index in [0.29, 0.717) is 19.4 Å². The topological polar surface area (TPSA) is 76.7 Å². The Hall–Kier alpha value is -3.02. The Morgan fingerprint density at radius 2 is 1.75 bits per heavy atom. The van der Waals surface area contributed by atoms with E-state index in [1.807, 2.05) is 61.5 Å². The molecule has 0 aliphatic carbocycles. The largest absolute Gasteiger partial charge is 0.497 e. The molecule has 2 rings (SSSR count). The first-order chi connectivity index (χ1) is 13.6. The van der Waals surface area contributed by atoms with Crippen LogP contribution in [0.2, 0.25) is 0 Å². The van der Waals surface area contributed by atoms with Crippen molar-refractivity contribution >= 4 is 12.0 Å². The van der Waals surface area contributed by atoms with Crippen LogP contribution in [-0.4, -0.2) is 25.7 Å². The minimum Gasteiger partial charge on any atom is -0.497 e. The van der Waals surface area contributed by atoms with E-state index in [9.17, 15) is 9.59 Å². The zero-order valence-corrected chi connectivity index (χ0v) is 16.4. The minimum absolute atomic E-state index is 0.0396. The van der Waals surface area contributed by atoms with Crippen LogP contribution in [0.5, 0.6) is 5.75 Å². The molecule has 0 heterocycles. The average Bonchev–Trinajstić information content (AvgIpc) is 2.74. The summed E-state index contributed by atoms with van der Waals surface area (Å²) in [6.45, 7) is 2.65. The zero-order chi connectivity index (χ0) is 20.2. The van der Waals surface area contributed by atoms with Crippen LogP contribution in [0.25, 0.3) is 0 Å². The molecule has 0 bridgehead atoms. The van der Waals surface area contributed by atoms with Crippen molar-refractivity contribution in [1.29, 1.82) is 0 Å². The van der Waals surface area contributed by atoms with E-state index in [4.69, 9.17) is 9.47 Å². The summed E-state index contributed by atoms with van der Waals surface area (Å²) in [5.41, 5.74) is 1.97. The molecule has 150 valence electrons. The summed E-state index contributed by atoms with van der Waals surface area (Å²) >= 11 is 0. The summed E-state index contributed by atoms with van der Waals surface area (Å²) in [4.78, 5) is 23.9. The first-order valence-corrected chi connectivity index (χ1v) is 9.50. The number of carbonyl (C=O) groups is 2. The predicted octanol–water partition coefficient (Wildman–Crippen LogP) is 3.97. The molecule has 0 aliphatic heterocycles. The zero-order valence-electron chi connectivity index (χ0n) is 16.4. The molecule has 6 nitrogen and oxygen atoms in total. The monoisotopic (exact) mass is 384 g/mol. The Bertz CT molecular complexity index is 732. The summed E-state index contributed by atoms with van der Waals surface area (Å²) in [5, 5.41) is 5.70. The van der Waals surface area contributed by atoms with Gasteiger partial charge >= 0.3 is 6.09 Å². The number of benzene rings is 2. The number of rotatable bonds is 10. The van der Waals surface area contributed by atoms with Gasteiger partial charge in [-0.15, -0.1) is 0 Å². The molecule has 2 N–H and O–H groups in total. The second kappa shape index (κ2) is 11.6. The highest BCUT2D eigenvalue weighted by Crippen LogP contribution is 2.20. The Kier molecular flexibility index (Phi) is 8.85. The van der Waals surface area contributed by atoms with Gasteiger partial charge in [-0.1, -0.05) is 49.4 Å². The van der Waals surface area contributed by atoms with Crippen molar-refractivity contribution in [3.63, 3.8) is 0 Å². The summed E-state index contributed by atoms with van der Waals surface area (Å²) in [5.74, 6) is 0.747. The van der Waals surface area contributed by atoms with Gasteiger partial charge in [-0.2, -0.15) is 0 Å². The minimum atomic E-state index is -0.478. The van der Waals surface area contributed by atoms with Gasteiger partial charge in [-0.05, 0) is 36.1 Å². The lowest BCUT2D eigenvalue weighted by Gasteiger charge is -2.18. The van der Waals surface area contributed by atoms with E-state index >= 15 is 0 Å². The first-order valence-electron chi connectivity index (χ1n) is 9.50. The van der Waals surface area contributed by atoms with Gasteiger partial charge in [0, 0.05) is 13.0 Å². The fraction of sp³-hybridized carbons (Fsp3) is 0.364. The molecule has 6 heteroatoms. The van der Waals surface area contributed by atoms with E-state index in [1.165, 1.54) is 0 Å². The molecule has 0 radical (unpaired) electrons. The molecule has 1 unspecified atom stereocenters. The van der Waals surface area contributed by atoms with Gasteiger partial charge in [0.1, 0.15) is 12.4 Å². The average molecular weight is 384 g/mol. The summed E-state index contributed by atoms with van der Waals surface area (Å²) in [7, 11) is 1.62. The highest BCUT2D eigenvalue weighted by molar-refractivity contribution is 5.76. The smallest absolute Gasteiger partial charge is 0.407 e. The Labute approximate surface area is 166 Å². The quantitative estimate of drug-likeness (QED) is 0.608. The van der Waals surface area contributed by atoms with E-state index < -0.39 is 6.09 Å². The third kappa shape index (κ3) is 7.31. The van der Waals surface area contributed by atoms with Crippen LogP contribution in [0, 0.1) is 0 Å². The third-order valence-electron chi connectivity index (χ3n) is 4.32. The van der Waals surface area contributed by atoms with E-state index in [2.05, 4.69) is 10.6 Å². The predicted molar refractivity (Wildman–Crippen MR) is 108 cm³/mol. The molecule has 2 aromatic rings. The molecule has 0 aromatic heterocycles. The molecule has 2 aromatic carbocycles. The van der Waals surface area contributed by atoms with Gasteiger partial charge in [-0.25, -0.2) is 4.79 Å². The molecular formula is C22H28N2O4. The van der Waals surface area contributed by atoms with Gasteiger partial charge < -0.3 is 20.1 Å². The number of methoxy groups -OCH3 is 1. The third-order valence-corrected chi connectivity index (χ3v) is 4.32. The maximum absolute atomic E-state index is 12.2. The number of alkyl carbamates (subject to hydrolysis) is 1. The van der Waals surface area contributed by atoms with Crippen molar-refractivity contribution in [2.24, 2.45) is 0 Å². The van der Waals surface area contributed by atoms with Crippen LogP contribution in [-0.2, 0) is 16.1 Å². The Morgan fingerprint density at radius 1 is 1.04 bits per heavy atom. The van der Waals surface area contributed by atoms with Crippen molar-refractivity contribution in [2.75, 3.05) is 13.7 Å². The Balaban J connectivity index is 1.64. The highest BCUT2D eigenvalue weighted by Gasteiger charge is 2.13.